The molecule has 0 aromatic heterocycles. The zero-order valence-electron chi connectivity index (χ0n) is 14.1. The lowest BCUT2D eigenvalue weighted by atomic mass is 10.0. The molecule has 0 bridgehead atoms. The van der Waals surface area contributed by atoms with Gasteiger partial charge in [0, 0.05) is 6.07 Å². The first-order valence-corrected chi connectivity index (χ1v) is 9.60. The zero-order valence-corrected chi connectivity index (χ0v) is 17.3. The van der Waals surface area contributed by atoms with Crippen LogP contribution in [0.5, 0.6) is 11.5 Å². The van der Waals surface area contributed by atoms with Gasteiger partial charge in [-0.1, -0.05) is 50.1 Å². The van der Waals surface area contributed by atoms with Crippen LogP contribution in [0.1, 0.15) is 27.7 Å². The number of benzene rings is 2. The number of halogens is 2. The van der Waals surface area contributed by atoms with Gasteiger partial charge in [0.05, 0.1) is 33.9 Å². The number of rotatable bonds is 8. The number of methoxy groups -OCH3 is 1. The van der Waals surface area contributed by atoms with E-state index in [9.17, 15) is 14.9 Å². The Hall–Kier alpha value is -1.93. The molecular weight excluding hydrogens is 470 g/mol. The summed E-state index contributed by atoms with van der Waals surface area (Å²) in [5.74, 6) is 0.772. The summed E-state index contributed by atoms with van der Waals surface area (Å²) in [4.78, 5) is 22.3. The Balaban J connectivity index is 2.31. The number of carbonyl (C=O) groups is 1. The van der Waals surface area contributed by atoms with Crippen LogP contribution in [-0.2, 0) is 0 Å². The molecule has 0 aliphatic heterocycles. The monoisotopic (exact) mass is 485 g/mol. The van der Waals surface area contributed by atoms with Crippen LogP contribution in [0.4, 0.5) is 5.69 Å². The van der Waals surface area contributed by atoms with Crippen molar-refractivity contribution in [3.8, 4) is 11.5 Å². The highest BCUT2D eigenvalue weighted by Crippen LogP contribution is 2.38. The van der Waals surface area contributed by atoms with Gasteiger partial charge in [-0.3, -0.25) is 14.9 Å². The number of nitrogens with zero attached hydrogens (tertiary/aromatic N) is 1. The summed E-state index contributed by atoms with van der Waals surface area (Å²) in [5, 5.41) is 11.2. The molecule has 2 rings (SSSR count). The number of hydrogen-bond donors (Lipinski definition) is 0. The minimum atomic E-state index is -0.703. The van der Waals surface area contributed by atoms with Crippen LogP contribution >= 0.6 is 31.9 Å². The largest absolute Gasteiger partial charge is 0.493 e. The van der Waals surface area contributed by atoms with Crippen molar-refractivity contribution < 1.29 is 19.2 Å². The Morgan fingerprint density at radius 3 is 2.50 bits per heavy atom. The maximum Gasteiger partial charge on any atom is 0.280 e. The highest BCUT2D eigenvalue weighted by molar-refractivity contribution is 9.12. The van der Waals surface area contributed by atoms with Gasteiger partial charge in [-0.15, -0.1) is 0 Å². The quantitative estimate of drug-likeness (QED) is 0.225. The van der Waals surface area contributed by atoms with E-state index in [-0.39, 0.29) is 17.0 Å². The van der Waals surface area contributed by atoms with Gasteiger partial charge in [0.2, 0.25) is 0 Å². The van der Waals surface area contributed by atoms with Crippen molar-refractivity contribution in [2.24, 2.45) is 0 Å². The number of ether oxygens (including phenoxy) is 2. The summed E-state index contributed by atoms with van der Waals surface area (Å²) in [7, 11) is 1.54. The molecule has 0 saturated carbocycles. The zero-order chi connectivity index (χ0) is 19.3. The van der Waals surface area contributed by atoms with Crippen molar-refractivity contribution in [1.29, 1.82) is 0 Å². The highest BCUT2D eigenvalue weighted by Gasteiger charge is 2.30. The van der Waals surface area contributed by atoms with Crippen molar-refractivity contribution in [2.45, 2.75) is 16.6 Å². The van der Waals surface area contributed by atoms with Crippen molar-refractivity contribution in [1.82, 2.24) is 0 Å². The van der Waals surface area contributed by atoms with E-state index < -0.39 is 14.6 Å². The Morgan fingerprint density at radius 1 is 1.19 bits per heavy atom. The predicted octanol–water partition coefficient (Wildman–Crippen LogP) is 5.08. The number of hydrogen-bond acceptors (Lipinski definition) is 5. The molecule has 138 valence electrons. The SMILES string of the molecule is CCOc1ccc([C@@H](Br)[C@@H](Br)C(=O)c2ccccc2[N+](=O)[O-])cc1OC. The number of ketones is 1. The molecule has 6 nitrogen and oxygen atoms in total. The van der Waals surface area contributed by atoms with Crippen LogP contribution in [0.3, 0.4) is 0 Å². The lowest BCUT2D eigenvalue weighted by molar-refractivity contribution is -0.385. The summed E-state index contributed by atoms with van der Waals surface area (Å²) in [6.45, 7) is 2.38. The summed E-state index contributed by atoms with van der Waals surface area (Å²) in [6, 6.07) is 11.2. The van der Waals surface area contributed by atoms with E-state index in [0.717, 1.165) is 5.56 Å². The minimum Gasteiger partial charge on any atom is -0.493 e. The van der Waals surface area contributed by atoms with Crippen LogP contribution in [0.15, 0.2) is 42.5 Å². The standard InChI is InChI=1S/C18H17Br2NO5/c1-3-26-14-9-8-11(10-15(14)25-2)16(19)17(20)18(22)12-6-4-5-7-13(12)21(23)24/h4-10,16-17H,3H2,1-2H3/t16-,17-/m1/s1. The van der Waals surface area contributed by atoms with Crippen LogP contribution < -0.4 is 9.47 Å². The fourth-order valence-electron chi connectivity index (χ4n) is 2.42. The molecule has 0 unspecified atom stereocenters. The van der Waals surface area contributed by atoms with Crippen molar-refractivity contribution >= 4 is 43.3 Å². The molecule has 0 radical (unpaired) electrons. The molecule has 2 aromatic rings. The van der Waals surface area contributed by atoms with E-state index in [0.29, 0.717) is 18.1 Å². The molecule has 0 fully saturated rings. The maximum absolute atomic E-state index is 12.8. The number of nitro benzene ring substituents is 1. The van der Waals surface area contributed by atoms with Gasteiger partial charge in [0.15, 0.2) is 17.3 Å². The second kappa shape index (κ2) is 9.14. The number of para-hydroxylation sites is 1. The maximum atomic E-state index is 12.8. The smallest absolute Gasteiger partial charge is 0.280 e. The lowest BCUT2D eigenvalue weighted by Gasteiger charge is -2.18. The predicted molar refractivity (Wildman–Crippen MR) is 106 cm³/mol. The average Bonchev–Trinajstić information content (AvgIpc) is 2.66. The molecule has 0 N–H and O–H groups in total. The molecule has 8 heteroatoms. The Kier molecular flexibility index (Phi) is 7.16. The fourth-order valence-corrected chi connectivity index (χ4v) is 3.50. The molecule has 0 aliphatic rings. The first kappa shape index (κ1) is 20.4. The summed E-state index contributed by atoms with van der Waals surface area (Å²) in [6.07, 6.45) is 0. The van der Waals surface area contributed by atoms with Crippen molar-refractivity contribution in [3.05, 3.63) is 63.7 Å². The van der Waals surface area contributed by atoms with Gasteiger partial charge in [0.25, 0.3) is 5.69 Å². The molecule has 0 spiro atoms. The van der Waals surface area contributed by atoms with E-state index >= 15 is 0 Å². The summed E-state index contributed by atoms with van der Waals surface area (Å²) in [5.41, 5.74) is 0.617. The molecule has 0 saturated heterocycles. The number of nitro groups is 1. The van der Waals surface area contributed by atoms with Gasteiger partial charge >= 0.3 is 0 Å². The minimum absolute atomic E-state index is 0.0572. The van der Waals surface area contributed by atoms with Gasteiger partial charge in [0.1, 0.15) is 0 Å². The third-order valence-electron chi connectivity index (χ3n) is 3.68. The van der Waals surface area contributed by atoms with Gasteiger partial charge in [-0.05, 0) is 30.7 Å². The second-order valence-corrected chi connectivity index (χ2v) is 7.26. The van der Waals surface area contributed by atoms with Gasteiger partial charge in [-0.2, -0.15) is 0 Å². The van der Waals surface area contributed by atoms with Crippen LogP contribution in [0.2, 0.25) is 0 Å². The summed E-state index contributed by atoms with van der Waals surface area (Å²) >= 11 is 6.87. The second-order valence-electron chi connectivity index (χ2n) is 5.29. The van der Waals surface area contributed by atoms with E-state index in [4.69, 9.17) is 9.47 Å². The van der Waals surface area contributed by atoms with Crippen LogP contribution in [0, 0.1) is 10.1 Å². The topological polar surface area (TPSA) is 78.7 Å². The molecule has 2 atom stereocenters. The third kappa shape index (κ3) is 4.42. The van der Waals surface area contributed by atoms with E-state index in [1.54, 1.807) is 18.2 Å². The Bertz CT molecular complexity index is 812. The van der Waals surface area contributed by atoms with Gasteiger partial charge < -0.3 is 9.47 Å². The Morgan fingerprint density at radius 2 is 1.88 bits per heavy atom. The normalized spacial score (nSPS) is 12.9. The van der Waals surface area contributed by atoms with Gasteiger partial charge in [-0.25, -0.2) is 0 Å². The molecule has 0 heterocycles. The molecule has 0 amide bonds. The first-order valence-electron chi connectivity index (χ1n) is 7.77. The van der Waals surface area contributed by atoms with Crippen LogP contribution in [-0.4, -0.2) is 29.3 Å². The molecular formula is C18H17Br2NO5. The number of carbonyl (C=O) groups excluding carboxylic acids is 1. The average molecular weight is 487 g/mol. The fraction of sp³-hybridized carbons (Fsp3) is 0.278. The Labute approximate surface area is 167 Å². The van der Waals surface area contributed by atoms with E-state index in [2.05, 4.69) is 31.9 Å². The van der Waals surface area contributed by atoms with Crippen molar-refractivity contribution in [3.63, 3.8) is 0 Å². The molecule has 2 aromatic carbocycles. The lowest BCUT2D eigenvalue weighted by Crippen LogP contribution is -2.20. The summed E-state index contributed by atoms with van der Waals surface area (Å²) < 4.78 is 10.8. The molecule has 0 aliphatic carbocycles. The van der Waals surface area contributed by atoms with E-state index in [1.165, 1.54) is 25.3 Å². The number of alkyl halides is 2. The third-order valence-corrected chi connectivity index (χ3v) is 6.39. The molecule has 26 heavy (non-hydrogen) atoms. The van der Waals surface area contributed by atoms with Crippen molar-refractivity contribution in [2.75, 3.05) is 13.7 Å². The first-order chi connectivity index (χ1) is 12.4. The number of Topliss-reactive ketones (excluding diaryl/α,β-unsaturated/α-hetero) is 1. The van der Waals surface area contributed by atoms with E-state index in [1.807, 2.05) is 13.0 Å². The van der Waals surface area contributed by atoms with Crippen LogP contribution in [0.25, 0.3) is 0 Å². The highest BCUT2D eigenvalue weighted by atomic mass is 79.9.